The van der Waals surface area contributed by atoms with Crippen LogP contribution in [0, 0.1) is 0 Å². The Labute approximate surface area is 194 Å². The number of ketones is 2. The number of Topliss-reactive ketones (excluding diaryl/α,β-unsaturated/α-hetero) is 2. The summed E-state index contributed by atoms with van der Waals surface area (Å²) >= 11 is 0. The van der Waals surface area contributed by atoms with E-state index in [-0.39, 0.29) is 11.6 Å². The summed E-state index contributed by atoms with van der Waals surface area (Å²) in [7, 11) is 1.70. The molecule has 0 amide bonds. The van der Waals surface area contributed by atoms with Crippen molar-refractivity contribution in [1.82, 2.24) is 4.90 Å². The summed E-state index contributed by atoms with van der Waals surface area (Å²) in [6.45, 7) is 4.19. The number of carbonyl (C=O) groups excluding carboxylic acids is 2. The van der Waals surface area contributed by atoms with Gasteiger partial charge in [-0.05, 0) is 24.1 Å². The topological polar surface area (TPSA) is 49.9 Å². The van der Waals surface area contributed by atoms with Crippen LogP contribution in [-0.4, -0.2) is 56.3 Å². The zero-order valence-corrected chi connectivity index (χ0v) is 18.9. The van der Waals surface area contributed by atoms with E-state index in [4.69, 9.17) is 4.74 Å². The van der Waals surface area contributed by atoms with Crippen molar-refractivity contribution in [2.45, 2.75) is 11.8 Å². The third-order valence-electron chi connectivity index (χ3n) is 7.06. The predicted octanol–water partition coefficient (Wildman–Crippen LogP) is 4.22. The van der Waals surface area contributed by atoms with E-state index in [2.05, 4.69) is 15.9 Å². The third kappa shape index (κ3) is 3.62. The van der Waals surface area contributed by atoms with E-state index >= 15 is 0 Å². The minimum Gasteiger partial charge on any atom is -0.495 e. The number of piperazine rings is 1. The van der Waals surface area contributed by atoms with Gasteiger partial charge < -0.3 is 9.64 Å². The quantitative estimate of drug-likeness (QED) is 0.537. The fourth-order valence-corrected chi connectivity index (χ4v) is 5.23. The Morgan fingerprint density at radius 3 is 1.97 bits per heavy atom. The molecular formula is C28H28N2O3. The fourth-order valence-electron chi connectivity index (χ4n) is 5.23. The summed E-state index contributed by atoms with van der Waals surface area (Å²) in [5.41, 5.74) is 1.87. The Balaban J connectivity index is 1.34. The van der Waals surface area contributed by atoms with Gasteiger partial charge >= 0.3 is 0 Å². The molecule has 0 saturated carbocycles. The molecule has 5 heteroatoms. The van der Waals surface area contributed by atoms with Gasteiger partial charge in [0.1, 0.15) is 11.2 Å². The standard InChI is InChI=1S/C28H28N2O3/c1-33-25-14-8-7-13-24(25)30-19-17-29(18-20-30)16-15-28(21-9-3-2-4-10-21)26(31)22-11-5-6-12-23(22)27(28)32/h2-14H,15-20H2,1H3. The van der Waals surface area contributed by atoms with Crippen molar-refractivity contribution in [3.05, 3.63) is 95.6 Å². The Morgan fingerprint density at radius 1 is 0.758 bits per heavy atom. The minimum atomic E-state index is -1.13. The fraction of sp³-hybridized carbons (Fsp3) is 0.286. The van der Waals surface area contributed by atoms with Crippen LogP contribution in [0.4, 0.5) is 5.69 Å². The summed E-state index contributed by atoms with van der Waals surface area (Å²) in [6.07, 6.45) is 0.484. The molecule has 0 bridgehead atoms. The zero-order valence-electron chi connectivity index (χ0n) is 18.9. The summed E-state index contributed by atoms with van der Waals surface area (Å²) in [5, 5.41) is 0. The van der Waals surface area contributed by atoms with Crippen LogP contribution >= 0.6 is 0 Å². The maximum atomic E-state index is 13.6. The Hall–Kier alpha value is -3.44. The number of anilines is 1. The molecule has 1 fully saturated rings. The van der Waals surface area contributed by atoms with Gasteiger partial charge in [-0.2, -0.15) is 0 Å². The van der Waals surface area contributed by atoms with E-state index in [1.165, 1.54) is 0 Å². The molecule has 3 aromatic rings. The van der Waals surface area contributed by atoms with Crippen LogP contribution < -0.4 is 9.64 Å². The number of benzene rings is 3. The van der Waals surface area contributed by atoms with Gasteiger partial charge in [-0.3, -0.25) is 14.5 Å². The molecule has 168 valence electrons. The van der Waals surface area contributed by atoms with E-state index in [0.29, 0.717) is 24.1 Å². The second-order valence-electron chi connectivity index (χ2n) is 8.73. The van der Waals surface area contributed by atoms with Crippen molar-refractivity contribution >= 4 is 17.3 Å². The van der Waals surface area contributed by atoms with E-state index < -0.39 is 5.41 Å². The number of fused-ring (bicyclic) bond motifs is 1. The third-order valence-corrected chi connectivity index (χ3v) is 7.06. The normalized spacial score (nSPS) is 17.8. The molecule has 5 nitrogen and oxygen atoms in total. The Morgan fingerprint density at radius 2 is 1.33 bits per heavy atom. The summed E-state index contributed by atoms with van der Waals surface area (Å²) in [5.74, 6) is 0.748. The number of carbonyl (C=O) groups is 2. The van der Waals surface area contributed by atoms with Crippen molar-refractivity contribution in [3.8, 4) is 5.75 Å². The maximum Gasteiger partial charge on any atom is 0.181 e. The largest absolute Gasteiger partial charge is 0.495 e. The Bertz CT molecular complexity index is 1130. The molecule has 33 heavy (non-hydrogen) atoms. The Kier molecular flexibility index (Phi) is 5.73. The number of hydrogen-bond acceptors (Lipinski definition) is 5. The van der Waals surface area contributed by atoms with Crippen LogP contribution in [0.25, 0.3) is 0 Å². The van der Waals surface area contributed by atoms with Crippen LogP contribution in [0.15, 0.2) is 78.9 Å². The van der Waals surface area contributed by atoms with Crippen LogP contribution in [0.2, 0.25) is 0 Å². The van der Waals surface area contributed by atoms with Crippen molar-refractivity contribution in [1.29, 1.82) is 0 Å². The smallest absolute Gasteiger partial charge is 0.181 e. The number of rotatable bonds is 6. The molecule has 0 N–H and O–H groups in total. The summed E-state index contributed by atoms with van der Waals surface area (Å²) in [4.78, 5) is 32.0. The van der Waals surface area contributed by atoms with E-state index in [1.807, 2.05) is 60.7 Å². The second-order valence-corrected chi connectivity index (χ2v) is 8.73. The van der Waals surface area contributed by atoms with Crippen molar-refractivity contribution in [3.63, 3.8) is 0 Å². The zero-order chi connectivity index (χ0) is 22.8. The van der Waals surface area contributed by atoms with Gasteiger partial charge in [0, 0.05) is 43.9 Å². The SMILES string of the molecule is COc1ccccc1N1CCN(CCC2(c3ccccc3)C(=O)c3ccccc3C2=O)CC1. The van der Waals surface area contributed by atoms with Gasteiger partial charge in [0.15, 0.2) is 11.6 Å². The molecule has 1 aliphatic carbocycles. The minimum absolute atomic E-state index is 0.0676. The highest BCUT2D eigenvalue weighted by molar-refractivity contribution is 6.33. The van der Waals surface area contributed by atoms with E-state index in [1.54, 1.807) is 19.2 Å². The lowest BCUT2D eigenvalue weighted by Crippen LogP contribution is -2.49. The first kappa shape index (κ1) is 21.4. The molecule has 2 aliphatic rings. The van der Waals surface area contributed by atoms with Gasteiger partial charge in [-0.1, -0.05) is 66.7 Å². The molecular weight excluding hydrogens is 412 g/mol. The van der Waals surface area contributed by atoms with Crippen LogP contribution in [-0.2, 0) is 5.41 Å². The van der Waals surface area contributed by atoms with Gasteiger partial charge in [-0.15, -0.1) is 0 Å². The molecule has 5 rings (SSSR count). The average molecular weight is 441 g/mol. The molecule has 1 heterocycles. The van der Waals surface area contributed by atoms with Crippen LogP contribution in [0.3, 0.4) is 0 Å². The van der Waals surface area contributed by atoms with Gasteiger partial charge in [-0.25, -0.2) is 0 Å². The lowest BCUT2D eigenvalue weighted by atomic mass is 9.73. The molecule has 0 spiro atoms. The number of ether oxygens (including phenoxy) is 1. The molecule has 0 atom stereocenters. The summed E-state index contributed by atoms with van der Waals surface area (Å²) in [6, 6.07) is 24.9. The predicted molar refractivity (Wildman–Crippen MR) is 129 cm³/mol. The van der Waals surface area contributed by atoms with Gasteiger partial charge in [0.2, 0.25) is 0 Å². The van der Waals surface area contributed by atoms with E-state index in [9.17, 15) is 9.59 Å². The molecule has 1 saturated heterocycles. The first-order valence-corrected chi connectivity index (χ1v) is 11.5. The molecule has 3 aromatic carbocycles. The number of methoxy groups -OCH3 is 1. The summed E-state index contributed by atoms with van der Waals surface area (Å²) < 4.78 is 5.53. The van der Waals surface area contributed by atoms with Crippen molar-refractivity contribution in [2.24, 2.45) is 0 Å². The van der Waals surface area contributed by atoms with Crippen LogP contribution in [0.1, 0.15) is 32.7 Å². The van der Waals surface area contributed by atoms with Gasteiger partial charge in [0.05, 0.1) is 12.8 Å². The number of hydrogen-bond donors (Lipinski definition) is 0. The lowest BCUT2D eigenvalue weighted by molar-refractivity contribution is 0.0767. The lowest BCUT2D eigenvalue weighted by Gasteiger charge is -2.38. The molecule has 0 unspecified atom stereocenters. The number of nitrogens with zero attached hydrogens (tertiary/aromatic N) is 2. The van der Waals surface area contributed by atoms with Crippen molar-refractivity contribution < 1.29 is 14.3 Å². The first-order chi connectivity index (χ1) is 16.1. The highest BCUT2D eigenvalue weighted by atomic mass is 16.5. The monoisotopic (exact) mass is 440 g/mol. The second kappa shape index (κ2) is 8.83. The maximum absolute atomic E-state index is 13.6. The molecule has 1 aliphatic heterocycles. The van der Waals surface area contributed by atoms with Gasteiger partial charge in [0.25, 0.3) is 0 Å². The van der Waals surface area contributed by atoms with Crippen LogP contribution in [0.5, 0.6) is 5.75 Å². The first-order valence-electron chi connectivity index (χ1n) is 11.5. The van der Waals surface area contributed by atoms with Crippen molar-refractivity contribution in [2.75, 3.05) is 44.7 Å². The van der Waals surface area contributed by atoms with E-state index in [0.717, 1.165) is 43.2 Å². The highest BCUT2D eigenvalue weighted by Crippen LogP contribution is 2.42. The highest BCUT2D eigenvalue weighted by Gasteiger charge is 2.53. The average Bonchev–Trinajstić information content (AvgIpc) is 3.11. The molecule has 0 aromatic heterocycles. The number of para-hydroxylation sites is 2. The molecule has 0 radical (unpaired) electrons.